The highest BCUT2D eigenvalue weighted by Gasteiger charge is 2.25. The van der Waals surface area contributed by atoms with E-state index >= 15 is 0 Å². The van der Waals surface area contributed by atoms with Crippen LogP contribution in [0.15, 0.2) is 24.3 Å². The highest BCUT2D eigenvalue weighted by molar-refractivity contribution is 9.10. The van der Waals surface area contributed by atoms with Crippen LogP contribution in [0.4, 0.5) is 0 Å². The van der Waals surface area contributed by atoms with Gasteiger partial charge < -0.3 is 4.74 Å². The van der Waals surface area contributed by atoms with Crippen molar-refractivity contribution in [2.75, 3.05) is 0 Å². The van der Waals surface area contributed by atoms with Gasteiger partial charge in [-0.15, -0.1) is 0 Å². The number of hydrogen-bond donors (Lipinski definition) is 0. The van der Waals surface area contributed by atoms with Crippen LogP contribution in [0.25, 0.3) is 0 Å². The van der Waals surface area contributed by atoms with Crippen molar-refractivity contribution in [2.45, 2.75) is 31.7 Å². The first-order chi connectivity index (χ1) is 6.89. The molecule has 0 aliphatic carbocycles. The number of ether oxygens (including phenoxy) is 1. The molecule has 0 saturated heterocycles. The van der Waals surface area contributed by atoms with E-state index in [4.69, 9.17) is 4.74 Å². The zero-order valence-corrected chi connectivity index (χ0v) is 10.8. The van der Waals surface area contributed by atoms with Gasteiger partial charge in [-0.1, -0.05) is 45.8 Å². The van der Waals surface area contributed by atoms with Gasteiger partial charge in [0.1, 0.15) is 10.9 Å². The molecule has 1 aromatic carbocycles. The molecule has 0 unspecified atom stereocenters. The van der Waals surface area contributed by atoms with Crippen LogP contribution in [0.2, 0.25) is 0 Å². The number of halogens is 1. The lowest BCUT2D eigenvalue weighted by Gasteiger charge is -2.14. The summed E-state index contributed by atoms with van der Waals surface area (Å²) >= 11 is 3.25. The zero-order valence-electron chi connectivity index (χ0n) is 9.21. The monoisotopic (exact) mass is 270 g/mol. The molecule has 0 aromatic heterocycles. The van der Waals surface area contributed by atoms with Crippen molar-refractivity contribution >= 4 is 21.9 Å². The van der Waals surface area contributed by atoms with E-state index in [9.17, 15) is 4.79 Å². The fourth-order valence-electron chi connectivity index (χ4n) is 1.00. The summed E-state index contributed by atoms with van der Waals surface area (Å²) in [5, 5.41) is 0. The van der Waals surface area contributed by atoms with Crippen molar-refractivity contribution in [3.05, 3.63) is 35.4 Å². The fourth-order valence-corrected chi connectivity index (χ4v) is 1.12. The Labute approximate surface area is 98.8 Å². The Bertz CT molecular complexity index is 336. The lowest BCUT2D eigenvalue weighted by atomic mass is 10.2. The zero-order chi connectivity index (χ0) is 11.5. The van der Waals surface area contributed by atoms with Gasteiger partial charge in [0.15, 0.2) is 0 Å². The predicted octanol–water partition coefficient (Wildman–Crippen LogP) is 3.21. The van der Waals surface area contributed by atoms with E-state index in [1.54, 1.807) is 13.8 Å². The Hall–Kier alpha value is -0.830. The molecular formula is C12H15BrO2. The van der Waals surface area contributed by atoms with Crippen LogP contribution in [0, 0.1) is 6.92 Å². The summed E-state index contributed by atoms with van der Waals surface area (Å²) in [6.45, 7) is 5.89. The Morgan fingerprint density at radius 3 is 2.33 bits per heavy atom. The maximum atomic E-state index is 11.4. The summed E-state index contributed by atoms with van der Waals surface area (Å²) in [6, 6.07) is 7.93. The molecule has 15 heavy (non-hydrogen) atoms. The summed E-state index contributed by atoms with van der Waals surface area (Å²) < 4.78 is 4.53. The minimum atomic E-state index is -0.613. The number of esters is 1. The third kappa shape index (κ3) is 4.04. The number of aryl methyl sites for hydroxylation is 1. The molecule has 3 heteroatoms. The topological polar surface area (TPSA) is 26.3 Å². The van der Waals surface area contributed by atoms with Crippen molar-refractivity contribution in [3.63, 3.8) is 0 Å². The number of hydrogen-bond acceptors (Lipinski definition) is 2. The number of rotatable bonds is 3. The van der Waals surface area contributed by atoms with Gasteiger partial charge in [-0.05, 0) is 26.3 Å². The molecule has 0 bridgehead atoms. The lowest BCUT2D eigenvalue weighted by molar-refractivity contribution is -0.146. The third-order valence-electron chi connectivity index (χ3n) is 1.98. The Morgan fingerprint density at radius 1 is 1.33 bits per heavy atom. The second kappa shape index (κ2) is 4.79. The molecule has 0 spiro atoms. The Kier molecular flexibility index (Phi) is 3.91. The van der Waals surface area contributed by atoms with Gasteiger partial charge in [0.2, 0.25) is 0 Å². The largest absolute Gasteiger partial charge is 0.460 e. The van der Waals surface area contributed by atoms with Gasteiger partial charge in [0.25, 0.3) is 0 Å². The van der Waals surface area contributed by atoms with Crippen LogP contribution in [0.1, 0.15) is 25.0 Å². The smallest absolute Gasteiger partial charge is 0.322 e. The normalized spacial score (nSPS) is 11.2. The van der Waals surface area contributed by atoms with E-state index in [2.05, 4.69) is 15.9 Å². The summed E-state index contributed by atoms with van der Waals surface area (Å²) in [6.07, 6.45) is 0. The van der Waals surface area contributed by atoms with Gasteiger partial charge in [-0.2, -0.15) is 0 Å². The molecule has 0 amide bonds. The summed E-state index contributed by atoms with van der Waals surface area (Å²) in [5.74, 6) is -0.247. The average molecular weight is 271 g/mol. The lowest BCUT2D eigenvalue weighted by Crippen LogP contribution is -2.26. The number of carbonyl (C=O) groups is 1. The molecule has 1 aromatic rings. The van der Waals surface area contributed by atoms with E-state index < -0.39 is 4.32 Å². The van der Waals surface area contributed by atoms with Crippen molar-refractivity contribution in [1.29, 1.82) is 0 Å². The Morgan fingerprint density at radius 2 is 1.87 bits per heavy atom. The van der Waals surface area contributed by atoms with Gasteiger partial charge in [0.05, 0.1) is 0 Å². The van der Waals surface area contributed by atoms with E-state index in [-0.39, 0.29) is 5.97 Å². The maximum Gasteiger partial charge on any atom is 0.322 e. The summed E-state index contributed by atoms with van der Waals surface area (Å²) in [7, 11) is 0. The Balaban J connectivity index is 2.51. The van der Waals surface area contributed by atoms with Crippen LogP contribution in [-0.4, -0.2) is 10.3 Å². The molecule has 0 aliphatic heterocycles. The molecule has 0 fully saturated rings. The molecule has 1 rings (SSSR count). The molecule has 0 radical (unpaired) electrons. The first-order valence-corrected chi connectivity index (χ1v) is 5.60. The predicted molar refractivity (Wildman–Crippen MR) is 64.0 cm³/mol. The van der Waals surface area contributed by atoms with Crippen LogP contribution >= 0.6 is 15.9 Å². The van der Waals surface area contributed by atoms with Gasteiger partial charge in [-0.25, -0.2) is 0 Å². The quantitative estimate of drug-likeness (QED) is 0.623. The molecule has 82 valence electrons. The van der Waals surface area contributed by atoms with Gasteiger partial charge in [0, 0.05) is 0 Å². The van der Waals surface area contributed by atoms with E-state index in [1.165, 1.54) is 5.56 Å². The maximum absolute atomic E-state index is 11.4. The third-order valence-corrected chi connectivity index (χ3v) is 2.30. The minimum absolute atomic E-state index is 0.247. The number of alkyl halides is 1. The van der Waals surface area contributed by atoms with Crippen molar-refractivity contribution in [1.82, 2.24) is 0 Å². The van der Waals surface area contributed by atoms with Crippen molar-refractivity contribution < 1.29 is 9.53 Å². The van der Waals surface area contributed by atoms with E-state index in [0.717, 1.165) is 5.56 Å². The molecule has 2 nitrogen and oxygen atoms in total. The van der Waals surface area contributed by atoms with Crippen LogP contribution in [0.5, 0.6) is 0 Å². The average Bonchev–Trinajstić information content (AvgIpc) is 2.15. The van der Waals surface area contributed by atoms with Crippen LogP contribution < -0.4 is 0 Å². The minimum Gasteiger partial charge on any atom is -0.460 e. The fraction of sp³-hybridized carbons (Fsp3) is 0.417. The van der Waals surface area contributed by atoms with Crippen LogP contribution in [0.3, 0.4) is 0 Å². The first kappa shape index (κ1) is 12.2. The van der Waals surface area contributed by atoms with Gasteiger partial charge >= 0.3 is 5.97 Å². The second-order valence-corrected chi connectivity index (χ2v) is 6.02. The van der Waals surface area contributed by atoms with E-state index in [0.29, 0.717) is 6.61 Å². The number of benzene rings is 1. The SMILES string of the molecule is Cc1ccc(COC(=O)C(C)(C)Br)cc1. The van der Waals surface area contributed by atoms with Crippen molar-refractivity contribution in [2.24, 2.45) is 0 Å². The standard InChI is InChI=1S/C12H15BrO2/c1-9-4-6-10(7-5-9)8-15-11(14)12(2,3)13/h4-7H,8H2,1-3H3. The molecule has 0 N–H and O–H groups in total. The van der Waals surface area contributed by atoms with Crippen LogP contribution in [-0.2, 0) is 16.1 Å². The van der Waals surface area contributed by atoms with Gasteiger partial charge in [-0.3, -0.25) is 4.79 Å². The molecular weight excluding hydrogens is 256 g/mol. The number of carbonyl (C=O) groups excluding carboxylic acids is 1. The van der Waals surface area contributed by atoms with Crippen molar-refractivity contribution in [3.8, 4) is 0 Å². The molecule has 0 atom stereocenters. The highest BCUT2D eigenvalue weighted by Crippen LogP contribution is 2.18. The summed E-state index contributed by atoms with van der Waals surface area (Å²) in [4.78, 5) is 11.4. The highest BCUT2D eigenvalue weighted by atomic mass is 79.9. The second-order valence-electron chi connectivity index (χ2n) is 4.03. The molecule has 0 saturated carbocycles. The first-order valence-electron chi connectivity index (χ1n) is 4.81. The molecule has 0 heterocycles. The van der Waals surface area contributed by atoms with E-state index in [1.807, 2.05) is 31.2 Å². The molecule has 0 aliphatic rings. The summed E-state index contributed by atoms with van der Waals surface area (Å²) in [5.41, 5.74) is 2.21.